The number of nitrogens with zero attached hydrogens (tertiary/aromatic N) is 3. The lowest BCUT2D eigenvalue weighted by atomic mass is 10.1. The van der Waals surface area contributed by atoms with Crippen molar-refractivity contribution in [2.75, 3.05) is 0 Å². The zero-order chi connectivity index (χ0) is 15.8. The van der Waals surface area contributed by atoms with Gasteiger partial charge in [0.1, 0.15) is 12.4 Å². The first-order chi connectivity index (χ1) is 11.2. The van der Waals surface area contributed by atoms with Gasteiger partial charge < -0.3 is 4.74 Å². The van der Waals surface area contributed by atoms with Crippen molar-refractivity contribution in [3.05, 3.63) is 71.8 Å². The first-order valence-electron chi connectivity index (χ1n) is 7.63. The Labute approximate surface area is 134 Å². The van der Waals surface area contributed by atoms with Gasteiger partial charge in [0.05, 0.1) is 5.69 Å². The van der Waals surface area contributed by atoms with Crippen LogP contribution in [-0.4, -0.2) is 14.4 Å². The second kappa shape index (κ2) is 5.39. The number of hydrogen-bond donors (Lipinski definition) is 0. The molecule has 0 bridgehead atoms. The van der Waals surface area contributed by atoms with Crippen molar-refractivity contribution >= 4 is 16.6 Å². The Morgan fingerprint density at radius 1 is 1.00 bits per heavy atom. The number of aromatic nitrogens is 3. The summed E-state index contributed by atoms with van der Waals surface area (Å²) in [7, 11) is 0. The molecule has 0 saturated carbocycles. The molecule has 2 heterocycles. The Bertz CT molecular complexity index is 999. The summed E-state index contributed by atoms with van der Waals surface area (Å²) in [5, 5.41) is 2.29. The first kappa shape index (κ1) is 13.8. The SMILES string of the molecule is Cc1cc(C)n2cc(COc3cccc4ccccc34)nc2n1. The smallest absolute Gasteiger partial charge is 0.234 e. The predicted octanol–water partition coefficient (Wildman–Crippen LogP) is 4.08. The minimum atomic E-state index is 0.426. The van der Waals surface area contributed by atoms with E-state index in [1.807, 2.05) is 47.9 Å². The fourth-order valence-corrected chi connectivity index (χ4v) is 2.86. The average molecular weight is 303 g/mol. The van der Waals surface area contributed by atoms with Crippen molar-refractivity contribution in [2.45, 2.75) is 20.5 Å². The Morgan fingerprint density at radius 3 is 2.74 bits per heavy atom. The molecule has 0 saturated heterocycles. The summed E-state index contributed by atoms with van der Waals surface area (Å²) in [5.41, 5.74) is 2.97. The minimum absolute atomic E-state index is 0.426. The molecule has 4 rings (SSSR count). The quantitative estimate of drug-likeness (QED) is 0.572. The summed E-state index contributed by atoms with van der Waals surface area (Å²) in [6.45, 7) is 4.46. The number of ether oxygens (including phenoxy) is 1. The van der Waals surface area contributed by atoms with E-state index < -0.39 is 0 Å². The maximum absolute atomic E-state index is 6.00. The van der Waals surface area contributed by atoms with Crippen molar-refractivity contribution in [3.63, 3.8) is 0 Å². The fourth-order valence-electron chi connectivity index (χ4n) is 2.86. The molecule has 0 aliphatic rings. The number of benzene rings is 2. The van der Waals surface area contributed by atoms with Crippen LogP contribution in [-0.2, 0) is 6.61 Å². The Kier molecular flexibility index (Phi) is 3.23. The van der Waals surface area contributed by atoms with Crippen molar-refractivity contribution in [1.29, 1.82) is 0 Å². The standard InChI is InChI=1S/C19H17N3O/c1-13-10-14(2)22-11-16(21-19(22)20-13)12-23-18-9-5-7-15-6-3-4-8-17(15)18/h3-11H,12H2,1-2H3. The van der Waals surface area contributed by atoms with Gasteiger partial charge in [0.15, 0.2) is 0 Å². The Morgan fingerprint density at radius 2 is 1.83 bits per heavy atom. The molecule has 0 N–H and O–H groups in total. The topological polar surface area (TPSA) is 39.4 Å². The van der Waals surface area contributed by atoms with E-state index in [1.54, 1.807) is 0 Å². The minimum Gasteiger partial charge on any atom is -0.487 e. The second-order valence-electron chi connectivity index (χ2n) is 5.71. The van der Waals surface area contributed by atoms with Crippen molar-refractivity contribution in [1.82, 2.24) is 14.4 Å². The van der Waals surface area contributed by atoms with Gasteiger partial charge in [-0.05, 0) is 31.4 Å². The zero-order valence-electron chi connectivity index (χ0n) is 13.2. The number of aryl methyl sites for hydroxylation is 2. The highest BCUT2D eigenvalue weighted by molar-refractivity contribution is 5.88. The highest BCUT2D eigenvalue weighted by Gasteiger charge is 2.07. The normalized spacial score (nSPS) is 11.2. The van der Waals surface area contributed by atoms with Crippen molar-refractivity contribution in [3.8, 4) is 5.75 Å². The number of fused-ring (bicyclic) bond motifs is 2. The van der Waals surface area contributed by atoms with Gasteiger partial charge in [0.25, 0.3) is 0 Å². The monoisotopic (exact) mass is 303 g/mol. The summed E-state index contributed by atoms with van der Waals surface area (Å²) >= 11 is 0. The van der Waals surface area contributed by atoms with Gasteiger partial charge in [0, 0.05) is 23.0 Å². The molecule has 0 aliphatic heterocycles. The molecule has 0 fully saturated rings. The largest absolute Gasteiger partial charge is 0.487 e. The van der Waals surface area contributed by atoms with E-state index in [0.717, 1.165) is 34.0 Å². The van der Waals surface area contributed by atoms with Crippen molar-refractivity contribution in [2.24, 2.45) is 0 Å². The van der Waals surface area contributed by atoms with Crippen molar-refractivity contribution < 1.29 is 4.74 Å². The highest BCUT2D eigenvalue weighted by atomic mass is 16.5. The molecule has 4 aromatic rings. The van der Waals surface area contributed by atoms with Gasteiger partial charge in [-0.3, -0.25) is 4.40 Å². The molecule has 0 radical (unpaired) electrons. The molecular weight excluding hydrogens is 286 g/mol. The van der Waals surface area contributed by atoms with E-state index in [-0.39, 0.29) is 0 Å². The fraction of sp³-hybridized carbons (Fsp3) is 0.158. The molecule has 0 aliphatic carbocycles. The van der Waals surface area contributed by atoms with Gasteiger partial charge in [-0.25, -0.2) is 9.97 Å². The molecule has 4 heteroatoms. The van der Waals surface area contributed by atoms with Crippen LogP contribution in [0, 0.1) is 13.8 Å². The van der Waals surface area contributed by atoms with Gasteiger partial charge in [-0.15, -0.1) is 0 Å². The van der Waals surface area contributed by atoms with E-state index in [4.69, 9.17) is 4.74 Å². The van der Waals surface area contributed by atoms with E-state index >= 15 is 0 Å². The van der Waals surface area contributed by atoms with Crippen LogP contribution >= 0.6 is 0 Å². The maximum atomic E-state index is 6.00. The van der Waals surface area contributed by atoms with Crippen LogP contribution in [0.1, 0.15) is 17.1 Å². The van der Waals surface area contributed by atoms with Crippen LogP contribution in [0.4, 0.5) is 0 Å². The number of hydrogen-bond acceptors (Lipinski definition) is 3. The van der Waals surface area contributed by atoms with Gasteiger partial charge in [-0.1, -0.05) is 36.4 Å². The lowest BCUT2D eigenvalue weighted by molar-refractivity contribution is 0.306. The molecular formula is C19H17N3O. The Hall–Kier alpha value is -2.88. The van der Waals surface area contributed by atoms with E-state index in [1.165, 1.54) is 5.39 Å². The zero-order valence-corrected chi connectivity index (χ0v) is 13.2. The average Bonchev–Trinajstić information content (AvgIpc) is 2.96. The third-order valence-electron chi connectivity index (χ3n) is 3.94. The molecule has 114 valence electrons. The second-order valence-corrected chi connectivity index (χ2v) is 5.71. The third-order valence-corrected chi connectivity index (χ3v) is 3.94. The maximum Gasteiger partial charge on any atom is 0.234 e. The van der Waals surface area contributed by atoms with Crippen LogP contribution in [0.5, 0.6) is 5.75 Å². The molecule has 4 nitrogen and oxygen atoms in total. The van der Waals surface area contributed by atoms with Crippen LogP contribution < -0.4 is 4.74 Å². The first-order valence-corrected chi connectivity index (χ1v) is 7.63. The number of imidazole rings is 1. The lowest BCUT2D eigenvalue weighted by Gasteiger charge is -2.07. The van der Waals surface area contributed by atoms with Crippen LogP contribution in [0.2, 0.25) is 0 Å². The molecule has 23 heavy (non-hydrogen) atoms. The van der Waals surface area contributed by atoms with E-state index in [9.17, 15) is 0 Å². The summed E-state index contributed by atoms with van der Waals surface area (Å²) < 4.78 is 8.00. The highest BCUT2D eigenvalue weighted by Crippen LogP contribution is 2.25. The third kappa shape index (κ3) is 2.52. The van der Waals surface area contributed by atoms with Gasteiger partial charge in [-0.2, -0.15) is 0 Å². The summed E-state index contributed by atoms with van der Waals surface area (Å²) in [5.74, 6) is 1.60. The molecule has 2 aromatic heterocycles. The van der Waals surface area contributed by atoms with Crippen LogP contribution in [0.25, 0.3) is 16.6 Å². The van der Waals surface area contributed by atoms with Crippen LogP contribution in [0.15, 0.2) is 54.7 Å². The predicted molar refractivity (Wildman–Crippen MR) is 90.7 cm³/mol. The van der Waals surface area contributed by atoms with Crippen LogP contribution in [0.3, 0.4) is 0 Å². The summed E-state index contributed by atoms with van der Waals surface area (Å²) in [4.78, 5) is 9.01. The molecule has 0 amide bonds. The molecule has 0 spiro atoms. The Balaban J connectivity index is 1.65. The van der Waals surface area contributed by atoms with E-state index in [2.05, 4.69) is 35.1 Å². The summed E-state index contributed by atoms with van der Waals surface area (Å²) in [6, 6.07) is 16.4. The number of rotatable bonds is 3. The van der Waals surface area contributed by atoms with Gasteiger partial charge in [0.2, 0.25) is 5.78 Å². The van der Waals surface area contributed by atoms with E-state index in [0.29, 0.717) is 6.61 Å². The summed E-state index contributed by atoms with van der Waals surface area (Å²) in [6.07, 6.45) is 1.99. The molecule has 0 unspecified atom stereocenters. The lowest BCUT2D eigenvalue weighted by Crippen LogP contribution is -1.96. The molecule has 2 aromatic carbocycles. The molecule has 0 atom stereocenters. The van der Waals surface area contributed by atoms with Gasteiger partial charge >= 0.3 is 0 Å².